The minimum absolute atomic E-state index is 0.142. The van der Waals surface area contributed by atoms with Crippen LogP contribution in [-0.2, 0) is 4.79 Å². The van der Waals surface area contributed by atoms with Crippen molar-refractivity contribution in [1.29, 1.82) is 0 Å². The molecule has 15 heavy (non-hydrogen) atoms. The lowest BCUT2D eigenvalue weighted by molar-refractivity contribution is -0.129. The van der Waals surface area contributed by atoms with Crippen molar-refractivity contribution in [1.82, 2.24) is 5.01 Å². The van der Waals surface area contributed by atoms with Crippen molar-refractivity contribution < 1.29 is 9.90 Å². The third-order valence-electron chi connectivity index (χ3n) is 2.48. The first kappa shape index (κ1) is 11.8. The van der Waals surface area contributed by atoms with Gasteiger partial charge in [0, 0.05) is 12.2 Å². The van der Waals surface area contributed by atoms with Gasteiger partial charge in [-0.25, -0.2) is 4.79 Å². The first-order valence-electron chi connectivity index (χ1n) is 5.40. The smallest absolute Gasteiger partial charge is 0.351 e. The van der Waals surface area contributed by atoms with Crippen LogP contribution in [0.15, 0.2) is 16.9 Å². The molecular weight excluding hydrogens is 192 g/mol. The molecule has 0 bridgehead atoms. The Kier molecular flexibility index (Phi) is 4.34. The van der Waals surface area contributed by atoms with Crippen molar-refractivity contribution in [3.05, 3.63) is 11.8 Å². The summed E-state index contributed by atoms with van der Waals surface area (Å²) in [6.07, 6.45) is 6.63. The van der Waals surface area contributed by atoms with Crippen LogP contribution in [0.5, 0.6) is 0 Å². The van der Waals surface area contributed by atoms with E-state index in [9.17, 15) is 4.79 Å². The number of carboxylic acids is 1. The van der Waals surface area contributed by atoms with Crippen molar-refractivity contribution in [2.45, 2.75) is 39.5 Å². The Bertz CT molecular complexity index is 295. The van der Waals surface area contributed by atoms with E-state index in [2.05, 4.69) is 11.2 Å². The van der Waals surface area contributed by atoms with E-state index >= 15 is 0 Å². The van der Waals surface area contributed by atoms with E-state index in [1.54, 1.807) is 5.01 Å². The van der Waals surface area contributed by atoms with E-state index in [4.69, 9.17) is 5.11 Å². The third-order valence-corrected chi connectivity index (χ3v) is 2.48. The van der Waals surface area contributed by atoms with Gasteiger partial charge in [-0.3, -0.25) is 5.01 Å². The number of rotatable bonds is 4. The normalized spacial score (nSPS) is 17.2. The van der Waals surface area contributed by atoms with Crippen LogP contribution in [0.2, 0.25) is 0 Å². The maximum absolute atomic E-state index is 10.7. The van der Waals surface area contributed by atoms with Gasteiger partial charge < -0.3 is 5.11 Å². The monoisotopic (exact) mass is 210 g/mol. The molecule has 0 saturated heterocycles. The second kappa shape index (κ2) is 5.53. The Morgan fingerprint density at radius 2 is 2.33 bits per heavy atom. The zero-order chi connectivity index (χ0) is 11.3. The molecule has 1 aliphatic carbocycles. The fourth-order valence-corrected chi connectivity index (χ4v) is 1.62. The number of allylic oxidation sites excluding steroid dienone is 2. The Morgan fingerprint density at radius 1 is 1.60 bits per heavy atom. The Hall–Kier alpha value is -1.32. The molecule has 0 aromatic heterocycles. The van der Waals surface area contributed by atoms with Gasteiger partial charge in [-0.15, -0.1) is 0 Å². The topological polar surface area (TPSA) is 52.9 Å². The zero-order valence-electron chi connectivity index (χ0n) is 9.36. The molecule has 4 heteroatoms. The molecule has 0 fully saturated rings. The van der Waals surface area contributed by atoms with Gasteiger partial charge in [-0.2, -0.15) is 5.10 Å². The van der Waals surface area contributed by atoms with Gasteiger partial charge in [0.1, 0.15) is 5.71 Å². The minimum Gasteiger partial charge on any atom is -0.477 e. The fraction of sp³-hybridized carbons (Fsp3) is 0.636. The average molecular weight is 210 g/mol. The van der Waals surface area contributed by atoms with Crippen molar-refractivity contribution in [3.8, 4) is 0 Å². The number of carbonyl (C=O) groups is 1. The summed E-state index contributed by atoms with van der Waals surface area (Å²) >= 11 is 0. The van der Waals surface area contributed by atoms with E-state index in [1.165, 1.54) is 19.8 Å². The van der Waals surface area contributed by atoms with Crippen molar-refractivity contribution in [2.75, 3.05) is 6.54 Å². The van der Waals surface area contributed by atoms with Gasteiger partial charge in [-0.05, 0) is 39.5 Å². The van der Waals surface area contributed by atoms with Crippen LogP contribution < -0.4 is 0 Å². The lowest BCUT2D eigenvalue weighted by atomic mass is 10.0. The van der Waals surface area contributed by atoms with Crippen LogP contribution in [0.1, 0.15) is 39.5 Å². The average Bonchev–Trinajstić information content (AvgIpc) is 2.26. The molecule has 0 heterocycles. The maximum atomic E-state index is 10.7. The van der Waals surface area contributed by atoms with Gasteiger partial charge in [0.05, 0.1) is 0 Å². The highest BCUT2D eigenvalue weighted by Gasteiger charge is 2.11. The summed E-state index contributed by atoms with van der Waals surface area (Å²) in [5, 5.41) is 14.6. The molecule has 0 unspecified atom stereocenters. The molecular formula is C11H18N2O2. The Morgan fingerprint density at radius 3 is 2.80 bits per heavy atom. The molecule has 1 rings (SSSR count). The van der Waals surface area contributed by atoms with Crippen molar-refractivity contribution in [2.24, 2.45) is 5.10 Å². The molecule has 4 nitrogen and oxygen atoms in total. The summed E-state index contributed by atoms with van der Waals surface area (Å²) in [4.78, 5) is 10.7. The second-order valence-electron chi connectivity index (χ2n) is 3.65. The van der Waals surface area contributed by atoms with Gasteiger partial charge >= 0.3 is 5.97 Å². The number of carboxylic acid groups (broad SMARTS) is 1. The highest BCUT2D eigenvalue weighted by atomic mass is 16.4. The van der Waals surface area contributed by atoms with E-state index < -0.39 is 5.97 Å². The fourth-order valence-electron chi connectivity index (χ4n) is 1.62. The van der Waals surface area contributed by atoms with E-state index in [1.807, 2.05) is 6.92 Å². The SMILES string of the molecule is CCN(N=C(C)C(=O)O)C1=CCCCC1. The lowest BCUT2D eigenvalue weighted by Crippen LogP contribution is -2.22. The predicted molar refractivity (Wildman–Crippen MR) is 59.7 cm³/mol. The van der Waals surface area contributed by atoms with E-state index in [-0.39, 0.29) is 5.71 Å². The molecule has 0 aromatic carbocycles. The summed E-state index contributed by atoms with van der Waals surface area (Å²) in [7, 11) is 0. The number of hydrogen-bond donors (Lipinski definition) is 1. The number of nitrogens with zero attached hydrogens (tertiary/aromatic N) is 2. The molecule has 84 valence electrons. The molecule has 0 aromatic rings. The maximum Gasteiger partial charge on any atom is 0.351 e. The van der Waals surface area contributed by atoms with Gasteiger partial charge in [-0.1, -0.05) is 6.08 Å². The molecule has 0 aliphatic heterocycles. The first-order valence-corrected chi connectivity index (χ1v) is 5.40. The molecule has 0 saturated carbocycles. The largest absolute Gasteiger partial charge is 0.477 e. The molecule has 0 amide bonds. The number of hydrazone groups is 1. The van der Waals surface area contributed by atoms with Gasteiger partial charge in [0.15, 0.2) is 0 Å². The van der Waals surface area contributed by atoms with E-state index in [0.717, 1.165) is 25.1 Å². The quantitative estimate of drug-likeness (QED) is 0.572. The van der Waals surface area contributed by atoms with Crippen LogP contribution >= 0.6 is 0 Å². The van der Waals surface area contributed by atoms with E-state index in [0.29, 0.717) is 0 Å². The molecule has 1 aliphatic rings. The van der Waals surface area contributed by atoms with Crippen LogP contribution in [0, 0.1) is 0 Å². The predicted octanol–water partition coefficient (Wildman–Crippen LogP) is 2.23. The van der Waals surface area contributed by atoms with Crippen molar-refractivity contribution >= 4 is 11.7 Å². The summed E-state index contributed by atoms with van der Waals surface area (Å²) in [5.74, 6) is -0.954. The van der Waals surface area contributed by atoms with Crippen LogP contribution in [-0.4, -0.2) is 28.3 Å². The Balaban J connectivity index is 2.74. The second-order valence-corrected chi connectivity index (χ2v) is 3.65. The standard InChI is InChI=1S/C11H18N2O2/c1-3-13(12-9(2)11(14)15)10-7-5-4-6-8-10/h7H,3-6,8H2,1-2H3,(H,14,15). The van der Waals surface area contributed by atoms with Crippen LogP contribution in [0.25, 0.3) is 0 Å². The van der Waals surface area contributed by atoms with Gasteiger partial charge in [0.2, 0.25) is 0 Å². The van der Waals surface area contributed by atoms with Crippen LogP contribution in [0.4, 0.5) is 0 Å². The van der Waals surface area contributed by atoms with Crippen LogP contribution in [0.3, 0.4) is 0 Å². The highest BCUT2D eigenvalue weighted by molar-refractivity contribution is 6.34. The third kappa shape index (κ3) is 3.38. The summed E-state index contributed by atoms with van der Waals surface area (Å²) in [5.41, 5.74) is 1.30. The summed E-state index contributed by atoms with van der Waals surface area (Å²) in [6, 6.07) is 0. The Labute approximate surface area is 90.3 Å². The summed E-state index contributed by atoms with van der Waals surface area (Å²) < 4.78 is 0. The molecule has 0 spiro atoms. The number of hydrogen-bond acceptors (Lipinski definition) is 3. The lowest BCUT2D eigenvalue weighted by Gasteiger charge is -2.23. The molecule has 0 radical (unpaired) electrons. The summed E-state index contributed by atoms with van der Waals surface area (Å²) in [6.45, 7) is 4.22. The first-order chi connectivity index (χ1) is 7.15. The van der Waals surface area contributed by atoms with Crippen molar-refractivity contribution in [3.63, 3.8) is 0 Å². The number of aliphatic carboxylic acids is 1. The minimum atomic E-state index is -0.954. The molecule has 0 atom stereocenters. The highest BCUT2D eigenvalue weighted by Crippen LogP contribution is 2.20. The molecule has 1 N–H and O–H groups in total. The van der Waals surface area contributed by atoms with Gasteiger partial charge in [0.25, 0.3) is 0 Å². The zero-order valence-corrected chi connectivity index (χ0v) is 9.36.